The number of amides is 1. The topological polar surface area (TPSA) is 107 Å². The molecule has 1 aliphatic carbocycles. The molecule has 122 valence electrons. The van der Waals surface area contributed by atoms with Crippen molar-refractivity contribution in [3.05, 3.63) is 33.9 Å². The molecule has 2 atom stereocenters. The molecule has 0 bridgehead atoms. The number of ether oxygens (including phenoxy) is 1. The fourth-order valence-electron chi connectivity index (χ4n) is 2.74. The maximum Gasteiger partial charge on any atom is 0.282 e. The van der Waals surface area contributed by atoms with Crippen LogP contribution in [0.3, 0.4) is 0 Å². The van der Waals surface area contributed by atoms with Crippen LogP contribution in [-0.2, 0) is 0 Å². The van der Waals surface area contributed by atoms with Gasteiger partial charge in [-0.1, -0.05) is 6.42 Å². The van der Waals surface area contributed by atoms with Crippen LogP contribution in [0.1, 0.15) is 29.6 Å². The highest BCUT2D eigenvalue weighted by Gasteiger charge is 2.29. The summed E-state index contributed by atoms with van der Waals surface area (Å²) < 4.78 is 5.03. The smallest absolute Gasteiger partial charge is 0.282 e. The van der Waals surface area contributed by atoms with Crippen LogP contribution in [-0.4, -0.2) is 30.5 Å². The number of nitro benzene ring substituents is 1. The Kier molecular flexibility index (Phi) is 6.58. The summed E-state index contributed by atoms with van der Waals surface area (Å²) in [5.74, 6) is 0.192. The lowest BCUT2D eigenvalue weighted by Crippen LogP contribution is -2.40. The SMILES string of the molecule is COc1ccc([N+](=O)[O-])c(C(=O)NC2CCCC2CN)c1.Cl. The third-order valence-corrected chi connectivity index (χ3v) is 3.92. The number of nitrogens with zero attached hydrogens (tertiary/aromatic N) is 1. The zero-order chi connectivity index (χ0) is 15.4. The molecule has 3 N–H and O–H groups in total. The van der Waals surface area contributed by atoms with Gasteiger partial charge >= 0.3 is 0 Å². The largest absolute Gasteiger partial charge is 0.497 e. The van der Waals surface area contributed by atoms with Gasteiger partial charge in [0.05, 0.1) is 12.0 Å². The van der Waals surface area contributed by atoms with E-state index >= 15 is 0 Å². The van der Waals surface area contributed by atoms with Crippen LogP contribution in [0.4, 0.5) is 5.69 Å². The molecule has 0 radical (unpaired) electrons. The summed E-state index contributed by atoms with van der Waals surface area (Å²) in [6, 6.07) is 4.11. The molecule has 22 heavy (non-hydrogen) atoms. The Hall–Kier alpha value is -1.86. The van der Waals surface area contributed by atoms with E-state index < -0.39 is 10.8 Å². The Morgan fingerprint density at radius 2 is 2.23 bits per heavy atom. The van der Waals surface area contributed by atoms with E-state index in [4.69, 9.17) is 10.5 Å². The number of hydrogen-bond donors (Lipinski definition) is 2. The van der Waals surface area contributed by atoms with Gasteiger partial charge in [0.15, 0.2) is 0 Å². The summed E-state index contributed by atoms with van der Waals surface area (Å²) in [6.45, 7) is 0.505. The van der Waals surface area contributed by atoms with Gasteiger partial charge in [-0.25, -0.2) is 0 Å². The van der Waals surface area contributed by atoms with Crippen molar-refractivity contribution < 1.29 is 14.5 Å². The van der Waals surface area contributed by atoms with E-state index in [0.29, 0.717) is 12.3 Å². The highest BCUT2D eigenvalue weighted by molar-refractivity contribution is 5.98. The standard InChI is InChI=1S/C14H19N3O4.ClH/c1-21-10-5-6-13(17(19)20)11(7-10)14(18)16-12-4-2-3-9(12)8-15;/h5-7,9,12H,2-4,8,15H2,1H3,(H,16,18);1H. The number of carbonyl (C=O) groups is 1. The third-order valence-electron chi connectivity index (χ3n) is 3.92. The van der Waals surface area contributed by atoms with Gasteiger partial charge in [-0.05, 0) is 37.4 Å². The van der Waals surface area contributed by atoms with Gasteiger partial charge in [-0.2, -0.15) is 0 Å². The van der Waals surface area contributed by atoms with Gasteiger partial charge < -0.3 is 15.8 Å². The molecule has 1 fully saturated rings. The molecule has 0 saturated heterocycles. The predicted molar refractivity (Wildman–Crippen MR) is 84.5 cm³/mol. The molecule has 7 nitrogen and oxygen atoms in total. The average molecular weight is 330 g/mol. The Bertz CT molecular complexity index is 553. The van der Waals surface area contributed by atoms with Crippen LogP contribution in [0.5, 0.6) is 5.75 Å². The Morgan fingerprint density at radius 3 is 2.82 bits per heavy atom. The van der Waals surface area contributed by atoms with Crippen LogP contribution >= 0.6 is 12.4 Å². The lowest BCUT2D eigenvalue weighted by Gasteiger charge is -2.19. The van der Waals surface area contributed by atoms with E-state index in [0.717, 1.165) is 19.3 Å². The number of methoxy groups -OCH3 is 1. The molecule has 1 aliphatic rings. The van der Waals surface area contributed by atoms with Crippen LogP contribution in [0.2, 0.25) is 0 Å². The summed E-state index contributed by atoms with van der Waals surface area (Å²) in [5, 5.41) is 13.9. The maximum absolute atomic E-state index is 12.3. The Morgan fingerprint density at radius 1 is 1.50 bits per heavy atom. The summed E-state index contributed by atoms with van der Waals surface area (Å²) in [6.07, 6.45) is 2.83. The predicted octanol–water partition coefficient (Wildman–Crippen LogP) is 1.88. The fraction of sp³-hybridized carbons (Fsp3) is 0.500. The second-order valence-corrected chi connectivity index (χ2v) is 5.15. The molecule has 1 aromatic rings. The lowest BCUT2D eigenvalue weighted by atomic mass is 10.0. The lowest BCUT2D eigenvalue weighted by molar-refractivity contribution is -0.385. The van der Waals surface area contributed by atoms with Crippen molar-refractivity contribution in [2.75, 3.05) is 13.7 Å². The van der Waals surface area contributed by atoms with Gasteiger partial charge in [0, 0.05) is 12.1 Å². The molecule has 1 amide bonds. The zero-order valence-corrected chi connectivity index (χ0v) is 13.1. The first-order valence-electron chi connectivity index (χ1n) is 6.90. The molecule has 0 spiro atoms. The minimum Gasteiger partial charge on any atom is -0.497 e. The molecule has 2 rings (SSSR count). The van der Waals surface area contributed by atoms with E-state index in [1.54, 1.807) is 0 Å². The number of nitro groups is 1. The highest BCUT2D eigenvalue weighted by Crippen LogP contribution is 2.27. The van der Waals surface area contributed by atoms with Gasteiger partial charge in [-0.3, -0.25) is 14.9 Å². The molecule has 8 heteroatoms. The van der Waals surface area contributed by atoms with Crippen LogP contribution in [0, 0.1) is 16.0 Å². The monoisotopic (exact) mass is 329 g/mol. The number of rotatable bonds is 5. The van der Waals surface area contributed by atoms with Crippen LogP contribution < -0.4 is 15.8 Å². The first-order valence-corrected chi connectivity index (χ1v) is 6.90. The van der Waals surface area contributed by atoms with Gasteiger partial charge in [0.2, 0.25) is 0 Å². The summed E-state index contributed by atoms with van der Waals surface area (Å²) in [5.41, 5.74) is 5.47. The van der Waals surface area contributed by atoms with Crippen molar-refractivity contribution >= 4 is 24.0 Å². The number of carbonyl (C=O) groups excluding carboxylic acids is 1. The van der Waals surface area contributed by atoms with E-state index in [-0.39, 0.29) is 35.6 Å². The Balaban J connectivity index is 0.00000242. The van der Waals surface area contributed by atoms with Crippen molar-refractivity contribution in [3.8, 4) is 5.75 Å². The summed E-state index contributed by atoms with van der Waals surface area (Å²) >= 11 is 0. The molecule has 0 aromatic heterocycles. The molecule has 2 unspecified atom stereocenters. The zero-order valence-electron chi connectivity index (χ0n) is 12.3. The normalized spacial score (nSPS) is 20.1. The van der Waals surface area contributed by atoms with Crippen LogP contribution in [0.25, 0.3) is 0 Å². The van der Waals surface area contributed by atoms with Gasteiger partial charge in [0.25, 0.3) is 11.6 Å². The first-order chi connectivity index (χ1) is 10.1. The second kappa shape index (κ2) is 7.95. The molecule has 0 aliphatic heterocycles. The molecular formula is C14H20ClN3O4. The number of halogens is 1. The van der Waals surface area contributed by atoms with E-state index in [9.17, 15) is 14.9 Å². The first kappa shape index (κ1) is 18.2. The van der Waals surface area contributed by atoms with Crippen molar-refractivity contribution in [2.24, 2.45) is 11.7 Å². The molecular weight excluding hydrogens is 310 g/mol. The minimum atomic E-state index is -0.566. The highest BCUT2D eigenvalue weighted by atomic mass is 35.5. The summed E-state index contributed by atoms with van der Waals surface area (Å²) in [7, 11) is 1.45. The number of nitrogens with one attached hydrogen (secondary N) is 1. The maximum atomic E-state index is 12.3. The van der Waals surface area contributed by atoms with Crippen molar-refractivity contribution in [2.45, 2.75) is 25.3 Å². The van der Waals surface area contributed by atoms with Gasteiger partial charge in [-0.15, -0.1) is 12.4 Å². The van der Waals surface area contributed by atoms with Crippen molar-refractivity contribution in [3.63, 3.8) is 0 Å². The Labute approximate surface area is 134 Å². The van der Waals surface area contributed by atoms with E-state index in [2.05, 4.69) is 5.32 Å². The van der Waals surface area contributed by atoms with Crippen molar-refractivity contribution in [1.29, 1.82) is 0 Å². The quantitative estimate of drug-likeness (QED) is 0.633. The van der Waals surface area contributed by atoms with Crippen molar-refractivity contribution in [1.82, 2.24) is 5.32 Å². The number of benzene rings is 1. The fourth-order valence-corrected chi connectivity index (χ4v) is 2.74. The average Bonchev–Trinajstić information content (AvgIpc) is 2.93. The second-order valence-electron chi connectivity index (χ2n) is 5.15. The van der Waals surface area contributed by atoms with E-state index in [1.165, 1.54) is 25.3 Å². The number of nitrogens with two attached hydrogens (primary N) is 1. The van der Waals surface area contributed by atoms with Gasteiger partial charge in [0.1, 0.15) is 11.3 Å². The number of hydrogen-bond acceptors (Lipinski definition) is 5. The molecule has 1 saturated carbocycles. The third kappa shape index (κ3) is 3.86. The van der Waals surface area contributed by atoms with Crippen LogP contribution in [0.15, 0.2) is 18.2 Å². The molecule has 1 aromatic carbocycles. The molecule has 0 heterocycles. The van der Waals surface area contributed by atoms with E-state index in [1.807, 2.05) is 0 Å². The minimum absolute atomic E-state index is 0. The summed E-state index contributed by atoms with van der Waals surface area (Å²) in [4.78, 5) is 22.8.